The number of rotatable bonds is 6. The van der Waals surface area contributed by atoms with Gasteiger partial charge in [0, 0.05) is 11.9 Å². The first-order valence-electron chi connectivity index (χ1n) is 8.21. The van der Waals surface area contributed by atoms with E-state index in [1.807, 2.05) is 36.4 Å². The average Bonchev–Trinajstić information content (AvgIpc) is 3.11. The fourth-order valence-corrected chi connectivity index (χ4v) is 3.59. The van der Waals surface area contributed by atoms with Crippen molar-refractivity contribution in [1.29, 1.82) is 0 Å². The molecule has 26 heavy (non-hydrogen) atoms. The third-order valence-electron chi connectivity index (χ3n) is 3.87. The minimum Gasteiger partial charge on any atom is -0.492 e. The number of para-hydroxylation sites is 1. The van der Waals surface area contributed by atoms with Gasteiger partial charge in [0.1, 0.15) is 23.7 Å². The highest BCUT2D eigenvalue weighted by molar-refractivity contribution is 7.22. The van der Waals surface area contributed by atoms with Gasteiger partial charge in [0.2, 0.25) is 0 Å². The van der Waals surface area contributed by atoms with Crippen molar-refractivity contribution in [1.82, 2.24) is 9.97 Å². The highest BCUT2D eigenvalue weighted by Gasteiger charge is 2.14. The number of thiazole rings is 1. The summed E-state index contributed by atoms with van der Waals surface area (Å²) in [5, 5.41) is 0.891. The van der Waals surface area contributed by atoms with Crippen LogP contribution in [0.3, 0.4) is 0 Å². The predicted molar refractivity (Wildman–Crippen MR) is 103 cm³/mol. The van der Waals surface area contributed by atoms with Crippen LogP contribution in [0.2, 0.25) is 0 Å². The summed E-state index contributed by atoms with van der Waals surface area (Å²) in [4.78, 5) is 11.0. The Bertz CT molecular complexity index is 956. The Morgan fingerprint density at radius 1 is 1.00 bits per heavy atom. The molecule has 0 amide bonds. The van der Waals surface area contributed by atoms with E-state index in [4.69, 9.17) is 9.72 Å². The van der Waals surface area contributed by atoms with Gasteiger partial charge in [-0.15, -0.1) is 0 Å². The van der Waals surface area contributed by atoms with Crippen molar-refractivity contribution < 1.29 is 9.13 Å². The van der Waals surface area contributed by atoms with Gasteiger partial charge in [0.15, 0.2) is 5.13 Å². The molecule has 0 aliphatic carbocycles. The first-order valence-corrected chi connectivity index (χ1v) is 9.03. The van der Waals surface area contributed by atoms with E-state index in [2.05, 4.69) is 9.88 Å². The van der Waals surface area contributed by atoms with Crippen LogP contribution in [0.5, 0.6) is 5.75 Å². The van der Waals surface area contributed by atoms with E-state index >= 15 is 0 Å². The Morgan fingerprint density at radius 2 is 1.81 bits per heavy atom. The van der Waals surface area contributed by atoms with Crippen LogP contribution < -0.4 is 9.64 Å². The van der Waals surface area contributed by atoms with Crippen molar-refractivity contribution in [2.24, 2.45) is 0 Å². The maximum atomic E-state index is 13.0. The van der Waals surface area contributed by atoms with Gasteiger partial charge in [-0.05, 0) is 42.5 Å². The molecule has 130 valence electrons. The van der Waals surface area contributed by atoms with Crippen molar-refractivity contribution in [3.05, 3.63) is 78.9 Å². The smallest absolute Gasteiger partial charge is 0.191 e. The number of aromatic nitrogens is 2. The molecule has 4 nitrogen and oxygen atoms in total. The Balaban J connectivity index is 1.56. The van der Waals surface area contributed by atoms with Crippen LogP contribution >= 0.6 is 11.3 Å². The molecule has 0 saturated carbocycles. The largest absolute Gasteiger partial charge is 0.492 e. The van der Waals surface area contributed by atoms with Gasteiger partial charge in [-0.1, -0.05) is 29.5 Å². The lowest BCUT2D eigenvalue weighted by molar-refractivity contribution is 0.327. The van der Waals surface area contributed by atoms with Crippen LogP contribution in [-0.2, 0) is 0 Å². The number of ether oxygens (including phenoxy) is 1. The minimum atomic E-state index is -0.272. The second-order valence-corrected chi connectivity index (χ2v) is 6.64. The SMILES string of the molecule is Fc1ccc(OCCN(c2ccccc2)c2nc3cnccc3s2)cc1. The van der Waals surface area contributed by atoms with Crippen LogP contribution in [0, 0.1) is 5.82 Å². The first kappa shape index (κ1) is 16.5. The molecule has 0 unspecified atom stereocenters. The number of benzene rings is 2. The molecule has 2 aromatic carbocycles. The molecule has 2 aromatic heterocycles. The van der Waals surface area contributed by atoms with E-state index in [1.165, 1.54) is 12.1 Å². The lowest BCUT2D eigenvalue weighted by Crippen LogP contribution is -2.23. The number of halogens is 1. The van der Waals surface area contributed by atoms with Crippen LogP contribution in [-0.4, -0.2) is 23.1 Å². The predicted octanol–water partition coefficient (Wildman–Crippen LogP) is 5.05. The van der Waals surface area contributed by atoms with Gasteiger partial charge in [-0.2, -0.15) is 0 Å². The Morgan fingerprint density at radius 3 is 2.58 bits per heavy atom. The molecule has 0 N–H and O–H groups in total. The summed E-state index contributed by atoms with van der Waals surface area (Å²) in [5.74, 6) is 0.374. The van der Waals surface area contributed by atoms with Crippen molar-refractivity contribution >= 4 is 32.4 Å². The van der Waals surface area contributed by atoms with Crippen LogP contribution in [0.4, 0.5) is 15.2 Å². The fourth-order valence-electron chi connectivity index (χ4n) is 2.61. The third kappa shape index (κ3) is 3.65. The molecule has 4 aromatic rings. The maximum Gasteiger partial charge on any atom is 0.191 e. The Kier molecular flexibility index (Phi) is 4.75. The van der Waals surface area contributed by atoms with Crippen LogP contribution in [0.25, 0.3) is 10.2 Å². The Hall–Kier alpha value is -2.99. The van der Waals surface area contributed by atoms with Gasteiger partial charge in [-0.25, -0.2) is 9.37 Å². The molecule has 0 atom stereocenters. The molecular formula is C20H16FN3OS. The van der Waals surface area contributed by atoms with Gasteiger partial charge < -0.3 is 9.64 Å². The van der Waals surface area contributed by atoms with Gasteiger partial charge in [-0.3, -0.25) is 4.98 Å². The van der Waals surface area contributed by atoms with E-state index in [-0.39, 0.29) is 5.82 Å². The van der Waals surface area contributed by atoms with E-state index in [9.17, 15) is 4.39 Å². The fraction of sp³-hybridized carbons (Fsp3) is 0.100. The van der Waals surface area contributed by atoms with Crippen molar-refractivity contribution in [3.8, 4) is 5.75 Å². The summed E-state index contributed by atoms with van der Waals surface area (Å²) < 4.78 is 19.9. The highest BCUT2D eigenvalue weighted by atomic mass is 32.1. The number of hydrogen-bond donors (Lipinski definition) is 0. The Labute approximate surface area is 154 Å². The zero-order chi connectivity index (χ0) is 17.8. The lowest BCUT2D eigenvalue weighted by Gasteiger charge is -2.22. The standard InChI is InChI=1S/C20H16FN3OS/c21-15-6-8-17(9-7-15)25-13-12-24(16-4-2-1-3-5-16)20-23-18-14-22-11-10-19(18)26-20/h1-11,14H,12-13H2. The molecule has 4 rings (SSSR count). The third-order valence-corrected chi connectivity index (χ3v) is 4.93. The number of hydrogen-bond acceptors (Lipinski definition) is 5. The van der Waals surface area contributed by atoms with E-state index < -0.39 is 0 Å². The zero-order valence-electron chi connectivity index (χ0n) is 13.9. The summed E-state index contributed by atoms with van der Waals surface area (Å²) in [6.45, 7) is 1.07. The molecule has 0 spiro atoms. The van der Waals surface area contributed by atoms with Gasteiger partial charge >= 0.3 is 0 Å². The molecule has 0 aliphatic heterocycles. The van der Waals surface area contributed by atoms with Crippen LogP contribution in [0.15, 0.2) is 73.1 Å². The maximum absolute atomic E-state index is 13.0. The molecule has 0 saturated heterocycles. The monoisotopic (exact) mass is 365 g/mol. The normalized spacial score (nSPS) is 10.8. The summed E-state index contributed by atoms with van der Waals surface area (Å²) >= 11 is 1.62. The summed E-state index contributed by atoms with van der Waals surface area (Å²) in [7, 11) is 0. The minimum absolute atomic E-state index is 0.272. The molecule has 0 bridgehead atoms. The van der Waals surface area contributed by atoms with Gasteiger partial charge in [0.25, 0.3) is 0 Å². The second-order valence-electron chi connectivity index (χ2n) is 5.63. The summed E-state index contributed by atoms with van der Waals surface area (Å²) in [5.41, 5.74) is 1.93. The summed E-state index contributed by atoms with van der Waals surface area (Å²) in [6.07, 6.45) is 3.54. The summed E-state index contributed by atoms with van der Waals surface area (Å²) in [6, 6.07) is 18.1. The highest BCUT2D eigenvalue weighted by Crippen LogP contribution is 2.32. The van der Waals surface area contributed by atoms with E-state index in [0.29, 0.717) is 18.9 Å². The van der Waals surface area contributed by atoms with Gasteiger partial charge in [0.05, 0.1) is 17.4 Å². The van der Waals surface area contributed by atoms with Crippen molar-refractivity contribution in [2.75, 3.05) is 18.1 Å². The molecule has 0 aliphatic rings. The topological polar surface area (TPSA) is 38.2 Å². The second kappa shape index (κ2) is 7.49. The lowest BCUT2D eigenvalue weighted by atomic mass is 10.3. The molecular weight excluding hydrogens is 349 g/mol. The quantitative estimate of drug-likeness (QED) is 0.479. The number of pyridine rings is 1. The van der Waals surface area contributed by atoms with E-state index in [1.54, 1.807) is 35.9 Å². The van der Waals surface area contributed by atoms with Crippen molar-refractivity contribution in [3.63, 3.8) is 0 Å². The molecule has 6 heteroatoms. The zero-order valence-corrected chi connectivity index (χ0v) is 14.7. The van der Waals surface area contributed by atoms with E-state index in [0.717, 1.165) is 21.0 Å². The molecule has 0 radical (unpaired) electrons. The number of fused-ring (bicyclic) bond motifs is 1. The van der Waals surface area contributed by atoms with Crippen LogP contribution in [0.1, 0.15) is 0 Å². The average molecular weight is 365 g/mol. The number of nitrogens with zero attached hydrogens (tertiary/aromatic N) is 3. The molecule has 0 fully saturated rings. The first-order chi connectivity index (χ1) is 12.8. The van der Waals surface area contributed by atoms with Crippen molar-refractivity contribution in [2.45, 2.75) is 0 Å². The molecule has 2 heterocycles. The number of anilines is 2.